The fourth-order valence-corrected chi connectivity index (χ4v) is 3.37. The van der Waals surface area contributed by atoms with Crippen LogP contribution in [0.25, 0.3) is 0 Å². The molecule has 0 aliphatic rings. The summed E-state index contributed by atoms with van der Waals surface area (Å²) in [5.41, 5.74) is 1.96. The molecular weight excluding hydrogens is 462 g/mol. The molecular formula is C28H39NO7. The van der Waals surface area contributed by atoms with Crippen molar-refractivity contribution in [2.75, 3.05) is 39.5 Å². The summed E-state index contributed by atoms with van der Waals surface area (Å²) in [6.45, 7) is 8.72. The van der Waals surface area contributed by atoms with Gasteiger partial charge in [-0.05, 0) is 42.5 Å². The van der Waals surface area contributed by atoms with Crippen molar-refractivity contribution < 1.29 is 33.6 Å². The van der Waals surface area contributed by atoms with Crippen LogP contribution in [0.3, 0.4) is 0 Å². The van der Waals surface area contributed by atoms with Crippen molar-refractivity contribution in [3.05, 3.63) is 65.7 Å². The highest BCUT2D eigenvalue weighted by atomic mass is 16.6. The molecule has 1 N–H and O–H groups in total. The first kappa shape index (κ1) is 29.1. The quantitative estimate of drug-likeness (QED) is 0.311. The van der Waals surface area contributed by atoms with Crippen molar-refractivity contribution in [3.8, 4) is 5.75 Å². The SMILES string of the molecule is CCOC(Cc1ccc(OCCN(CCCOCc2ccccc2)C(=O)OCC(C)C)cc1)C(=O)O. The van der Waals surface area contributed by atoms with Gasteiger partial charge in [-0.1, -0.05) is 56.3 Å². The lowest BCUT2D eigenvalue weighted by Crippen LogP contribution is -2.37. The molecule has 8 nitrogen and oxygen atoms in total. The van der Waals surface area contributed by atoms with Gasteiger partial charge in [0.15, 0.2) is 6.10 Å². The minimum Gasteiger partial charge on any atom is -0.492 e. The molecule has 8 heteroatoms. The topological polar surface area (TPSA) is 94.5 Å². The molecule has 1 atom stereocenters. The number of carbonyl (C=O) groups excluding carboxylic acids is 1. The van der Waals surface area contributed by atoms with Crippen molar-refractivity contribution in [2.45, 2.75) is 46.3 Å². The summed E-state index contributed by atoms with van der Waals surface area (Å²) in [4.78, 5) is 25.5. The van der Waals surface area contributed by atoms with Crippen LogP contribution in [0, 0.1) is 5.92 Å². The Morgan fingerprint density at radius 3 is 2.31 bits per heavy atom. The minimum absolute atomic E-state index is 0.253. The normalized spacial score (nSPS) is 11.8. The van der Waals surface area contributed by atoms with Crippen LogP contribution in [0.5, 0.6) is 5.75 Å². The van der Waals surface area contributed by atoms with E-state index in [-0.39, 0.29) is 18.4 Å². The number of benzene rings is 2. The molecule has 0 spiro atoms. The number of amides is 1. The van der Waals surface area contributed by atoms with Crippen LogP contribution < -0.4 is 4.74 Å². The molecule has 0 bridgehead atoms. The van der Waals surface area contributed by atoms with Gasteiger partial charge in [0.25, 0.3) is 0 Å². The number of carbonyl (C=O) groups is 2. The summed E-state index contributed by atoms with van der Waals surface area (Å²) in [6, 6.07) is 17.2. The Morgan fingerprint density at radius 1 is 0.944 bits per heavy atom. The fourth-order valence-electron chi connectivity index (χ4n) is 3.37. The number of aliphatic carboxylic acids is 1. The average molecular weight is 502 g/mol. The summed E-state index contributed by atoms with van der Waals surface area (Å²) in [5.74, 6) is -0.0842. The van der Waals surface area contributed by atoms with Gasteiger partial charge >= 0.3 is 12.1 Å². The highest BCUT2D eigenvalue weighted by Gasteiger charge is 2.18. The summed E-state index contributed by atoms with van der Waals surface area (Å²) >= 11 is 0. The zero-order chi connectivity index (χ0) is 26.2. The molecule has 1 unspecified atom stereocenters. The number of rotatable bonds is 17. The predicted octanol–water partition coefficient (Wildman–Crippen LogP) is 4.80. The largest absolute Gasteiger partial charge is 0.492 e. The standard InChI is InChI=1S/C28H39NO7/c1-4-34-26(27(30)31)19-23-11-13-25(14-12-23)35-18-16-29(28(32)36-20-22(2)3)15-8-17-33-21-24-9-6-5-7-10-24/h5-7,9-14,22,26H,4,8,15-21H2,1-3H3,(H,30,31). The lowest BCUT2D eigenvalue weighted by atomic mass is 10.1. The van der Waals surface area contributed by atoms with Gasteiger partial charge in [0.1, 0.15) is 12.4 Å². The van der Waals surface area contributed by atoms with Gasteiger partial charge in [0.05, 0.1) is 19.8 Å². The zero-order valence-electron chi connectivity index (χ0n) is 21.6. The Kier molecular flexibility index (Phi) is 13.4. The second-order valence-electron chi connectivity index (χ2n) is 8.83. The lowest BCUT2D eigenvalue weighted by Gasteiger charge is -2.23. The molecule has 0 radical (unpaired) electrons. The van der Waals surface area contributed by atoms with Crippen LogP contribution in [0.1, 0.15) is 38.3 Å². The van der Waals surface area contributed by atoms with E-state index in [1.807, 2.05) is 56.3 Å². The Balaban J connectivity index is 1.80. The highest BCUT2D eigenvalue weighted by molar-refractivity contribution is 5.72. The molecule has 0 aromatic heterocycles. The van der Waals surface area contributed by atoms with Crippen LogP contribution in [-0.4, -0.2) is 67.7 Å². The third kappa shape index (κ3) is 11.6. The summed E-state index contributed by atoms with van der Waals surface area (Å²) in [7, 11) is 0. The Morgan fingerprint density at radius 2 is 1.67 bits per heavy atom. The van der Waals surface area contributed by atoms with Crippen molar-refractivity contribution in [1.29, 1.82) is 0 Å². The molecule has 198 valence electrons. The molecule has 0 saturated carbocycles. The zero-order valence-corrected chi connectivity index (χ0v) is 21.6. The summed E-state index contributed by atoms with van der Waals surface area (Å²) in [5, 5.41) is 9.25. The Labute approximate surface area is 214 Å². The van der Waals surface area contributed by atoms with Gasteiger partial charge in [-0.2, -0.15) is 0 Å². The van der Waals surface area contributed by atoms with E-state index in [9.17, 15) is 14.7 Å². The Bertz CT molecular complexity index is 887. The van der Waals surface area contributed by atoms with Gasteiger partial charge in [0, 0.05) is 26.2 Å². The third-order valence-corrected chi connectivity index (χ3v) is 5.24. The van der Waals surface area contributed by atoms with Gasteiger partial charge in [-0.25, -0.2) is 9.59 Å². The number of ether oxygens (including phenoxy) is 4. The first-order valence-electron chi connectivity index (χ1n) is 12.5. The molecule has 2 aromatic rings. The molecule has 1 amide bonds. The maximum absolute atomic E-state index is 12.6. The van der Waals surface area contributed by atoms with E-state index in [0.717, 1.165) is 11.1 Å². The van der Waals surface area contributed by atoms with Crippen LogP contribution >= 0.6 is 0 Å². The summed E-state index contributed by atoms with van der Waals surface area (Å²) in [6.07, 6.45) is -0.265. The number of hydrogen-bond acceptors (Lipinski definition) is 6. The monoisotopic (exact) mass is 501 g/mol. The van der Waals surface area contributed by atoms with E-state index in [1.54, 1.807) is 24.0 Å². The predicted molar refractivity (Wildman–Crippen MR) is 137 cm³/mol. The first-order chi connectivity index (χ1) is 17.4. The van der Waals surface area contributed by atoms with Crippen molar-refractivity contribution in [2.24, 2.45) is 5.92 Å². The first-order valence-corrected chi connectivity index (χ1v) is 12.5. The van der Waals surface area contributed by atoms with Crippen LogP contribution in [0.2, 0.25) is 0 Å². The van der Waals surface area contributed by atoms with E-state index >= 15 is 0 Å². The maximum Gasteiger partial charge on any atom is 0.409 e. The second kappa shape index (κ2) is 16.5. The molecule has 0 fully saturated rings. The molecule has 0 aliphatic heterocycles. The third-order valence-electron chi connectivity index (χ3n) is 5.24. The summed E-state index contributed by atoms with van der Waals surface area (Å²) < 4.78 is 22.2. The second-order valence-corrected chi connectivity index (χ2v) is 8.83. The van der Waals surface area contributed by atoms with E-state index in [1.165, 1.54) is 0 Å². The van der Waals surface area contributed by atoms with Gasteiger partial charge in [0.2, 0.25) is 0 Å². The number of carboxylic acid groups (broad SMARTS) is 1. The molecule has 2 rings (SSSR count). The van der Waals surface area contributed by atoms with Gasteiger partial charge < -0.3 is 29.0 Å². The minimum atomic E-state index is -0.980. The van der Waals surface area contributed by atoms with Crippen LogP contribution in [-0.2, 0) is 32.0 Å². The molecule has 0 saturated heterocycles. The number of carboxylic acids is 1. The van der Waals surface area contributed by atoms with E-state index in [2.05, 4.69) is 0 Å². The number of hydrogen-bond donors (Lipinski definition) is 1. The molecule has 0 heterocycles. The van der Waals surface area contributed by atoms with Crippen LogP contribution in [0.15, 0.2) is 54.6 Å². The van der Waals surface area contributed by atoms with Crippen molar-refractivity contribution in [3.63, 3.8) is 0 Å². The van der Waals surface area contributed by atoms with Crippen molar-refractivity contribution >= 4 is 12.1 Å². The van der Waals surface area contributed by atoms with Gasteiger partial charge in [-0.15, -0.1) is 0 Å². The number of nitrogens with zero attached hydrogens (tertiary/aromatic N) is 1. The van der Waals surface area contributed by atoms with Gasteiger partial charge in [-0.3, -0.25) is 0 Å². The Hall–Kier alpha value is -3.10. The smallest absolute Gasteiger partial charge is 0.409 e. The average Bonchev–Trinajstić information content (AvgIpc) is 2.87. The van der Waals surface area contributed by atoms with E-state index in [4.69, 9.17) is 18.9 Å². The van der Waals surface area contributed by atoms with E-state index in [0.29, 0.717) is 58.3 Å². The van der Waals surface area contributed by atoms with Crippen LogP contribution in [0.4, 0.5) is 4.79 Å². The molecule has 0 aliphatic carbocycles. The van der Waals surface area contributed by atoms with Crippen molar-refractivity contribution in [1.82, 2.24) is 4.90 Å². The highest BCUT2D eigenvalue weighted by Crippen LogP contribution is 2.15. The lowest BCUT2D eigenvalue weighted by molar-refractivity contribution is -0.149. The van der Waals surface area contributed by atoms with E-state index < -0.39 is 12.1 Å². The fraction of sp³-hybridized carbons (Fsp3) is 0.500. The molecule has 2 aromatic carbocycles. The molecule has 36 heavy (non-hydrogen) atoms. The maximum atomic E-state index is 12.6.